The molecule has 0 atom stereocenters. The normalized spacial score (nSPS) is 16.6. The van der Waals surface area contributed by atoms with Crippen LogP contribution in [0, 0.1) is 5.41 Å². The quantitative estimate of drug-likeness (QED) is 0.235. The van der Waals surface area contributed by atoms with Crippen molar-refractivity contribution in [2.24, 2.45) is 5.41 Å². The first-order valence-electron chi connectivity index (χ1n) is 16.5. The number of hydrogen-bond acceptors (Lipinski definition) is 9. The third kappa shape index (κ3) is 5.22. The highest BCUT2D eigenvalue weighted by Crippen LogP contribution is 2.42. The number of piperidine rings is 2. The van der Waals surface area contributed by atoms with E-state index < -0.39 is 10.9 Å². The first-order chi connectivity index (χ1) is 23.4. The molecule has 1 spiro atoms. The number of fused-ring (bicyclic) bond motifs is 1. The summed E-state index contributed by atoms with van der Waals surface area (Å²) in [7, 11) is 1.47. The van der Waals surface area contributed by atoms with Crippen LogP contribution in [0.15, 0.2) is 94.6 Å². The Labute approximate surface area is 278 Å². The van der Waals surface area contributed by atoms with E-state index in [1.54, 1.807) is 6.20 Å². The van der Waals surface area contributed by atoms with Gasteiger partial charge in [0.1, 0.15) is 17.0 Å². The zero-order chi connectivity index (χ0) is 32.8. The van der Waals surface area contributed by atoms with Crippen molar-refractivity contribution in [3.63, 3.8) is 0 Å². The number of nitrogens with two attached hydrogens (primary N) is 1. The molecule has 0 amide bonds. The van der Waals surface area contributed by atoms with Crippen molar-refractivity contribution in [3.05, 3.63) is 111 Å². The van der Waals surface area contributed by atoms with Gasteiger partial charge in [0.25, 0.3) is 10.9 Å². The molecule has 2 saturated heterocycles. The zero-order valence-electron chi connectivity index (χ0n) is 26.9. The van der Waals surface area contributed by atoms with Gasteiger partial charge in [-0.2, -0.15) is 0 Å². The van der Waals surface area contributed by atoms with Crippen molar-refractivity contribution in [2.75, 3.05) is 43.9 Å². The fourth-order valence-corrected chi connectivity index (χ4v) is 7.60. The second kappa shape index (κ2) is 12.0. The van der Waals surface area contributed by atoms with E-state index >= 15 is 0 Å². The van der Waals surface area contributed by atoms with E-state index in [1.165, 1.54) is 12.7 Å². The topological polar surface area (TPSA) is 119 Å². The van der Waals surface area contributed by atoms with Crippen LogP contribution in [-0.4, -0.2) is 57.7 Å². The van der Waals surface area contributed by atoms with E-state index in [2.05, 4.69) is 55.7 Å². The lowest BCUT2D eigenvalue weighted by molar-refractivity contribution is 0.0834. The summed E-state index contributed by atoms with van der Waals surface area (Å²) >= 11 is 0. The standard InChI is InChI=1S/C38H37N7O3/c1-48-34-31(32(46)33(34)47)44-20-6-16-38(24-44)17-21-43(22-18-38)23-25-10-12-27(13-11-25)45-36(28-9-5-19-40-35(28)39)42-30-15-14-29(41-37(30)45)26-7-3-2-4-8-26/h2-5,7-15,19H,6,16-18,20-24H2,1H3,(H2,39,40). The molecule has 2 aliphatic rings. The first kappa shape index (κ1) is 30.0. The van der Waals surface area contributed by atoms with Gasteiger partial charge >= 0.3 is 0 Å². The van der Waals surface area contributed by atoms with Gasteiger partial charge in [0.2, 0.25) is 0 Å². The maximum absolute atomic E-state index is 12.3. The maximum atomic E-state index is 12.3. The predicted octanol–water partition coefficient (Wildman–Crippen LogP) is 5.22. The predicted molar refractivity (Wildman–Crippen MR) is 188 cm³/mol. The molecule has 2 N–H and O–H groups in total. The number of methoxy groups -OCH3 is 1. The fourth-order valence-electron chi connectivity index (χ4n) is 7.60. The highest BCUT2D eigenvalue weighted by atomic mass is 16.5. The number of anilines is 2. The van der Waals surface area contributed by atoms with Gasteiger partial charge in [-0.05, 0) is 86.1 Å². The molecule has 3 aromatic heterocycles. The lowest BCUT2D eigenvalue weighted by atomic mass is 9.72. The molecular weight excluding hydrogens is 602 g/mol. The molecule has 242 valence electrons. The lowest BCUT2D eigenvalue weighted by Crippen LogP contribution is -2.52. The summed E-state index contributed by atoms with van der Waals surface area (Å²) in [6.45, 7) is 4.43. The molecule has 0 unspecified atom stereocenters. The van der Waals surface area contributed by atoms with Gasteiger partial charge in [-0.25, -0.2) is 15.0 Å². The average molecular weight is 640 g/mol. The van der Waals surface area contributed by atoms with Crippen LogP contribution in [0.3, 0.4) is 0 Å². The van der Waals surface area contributed by atoms with Crippen LogP contribution in [0.1, 0.15) is 31.2 Å². The molecule has 8 rings (SSSR count). The van der Waals surface area contributed by atoms with E-state index in [0.29, 0.717) is 17.3 Å². The summed E-state index contributed by atoms with van der Waals surface area (Å²) in [5.74, 6) is 1.34. The summed E-state index contributed by atoms with van der Waals surface area (Å²) in [6, 6.07) is 26.6. The Morgan fingerprint density at radius 2 is 1.65 bits per heavy atom. The van der Waals surface area contributed by atoms with Crippen molar-refractivity contribution >= 4 is 22.7 Å². The maximum Gasteiger partial charge on any atom is 0.272 e. The Morgan fingerprint density at radius 1 is 0.854 bits per heavy atom. The highest BCUT2D eigenvalue weighted by Gasteiger charge is 2.41. The molecule has 5 heterocycles. The van der Waals surface area contributed by atoms with Gasteiger partial charge in [-0.15, -0.1) is 0 Å². The molecule has 2 aliphatic heterocycles. The van der Waals surface area contributed by atoms with Gasteiger partial charge in [-0.1, -0.05) is 42.5 Å². The minimum atomic E-state index is -0.500. The lowest BCUT2D eigenvalue weighted by Gasteiger charge is -2.48. The highest BCUT2D eigenvalue weighted by molar-refractivity contribution is 5.84. The van der Waals surface area contributed by atoms with E-state index in [1.807, 2.05) is 42.5 Å². The van der Waals surface area contributed by atoms with Crippen LogP contribution >= 0.6 is 0 Å². The molecule has 10 heteroatoms. The van der Waals surface area contributed by atoms with E-state index in [4.69, 9.17) is 20.4 Å². The average Bonchev–Trinajstić information content (AvgIpc) is 3.50. The minimum Gasteiger partial charge on any atom is -0.491 e. The van der Waals surface area contributed by atoms with Gasteiger partial charge < -0.3 is 15.4 Å². The first-order valence-corrected chi connectivity index (χ1v) is 16.5. The third-order valence-corrected chi connectivity index (χ3v) is 10.2. The monoisotopic (exact) mass is 639 g/mol. The number of pyridine rings is 2. The SMILES string of the molecule is COc1c(N2CCCC3(CCN(Cc4ccc(-n5c(-c6cccnc6N)nc6ccc(-c7ccccc7)nc65)cc4)CC3)C2)c(=O)c1=O. The Morgan fingerprint density at radius 3 is 2.40 bits per heavy atom. The number of nitrogen functional groups attached to an aromatic ring is 1. The molecule has 0 aliphatic carbocycles. The van der Waals surface area contributed by atoms with Crippen LogP contribution in [0.2, 0.25) is 0 Å². The second-order valence-electron chi connectivity index (χ2n) is 13.1. The summed E-state index contributed by atoms with van der Waals surface area (Å²) in [6.07, 6.45) is 5.97. The fraction of sp³-hybridized carbons (Fsp3) is 0.289. The third-order valence-electron chi connectivity index (χ3n) is 10.2. The van der Waals surface area contributed by atoms with Gasteiger partial charge in [0.05, 0.1) is 18.4 Å². The van der Waals surface area contributed by atoms with Crippen molar-refractivity contribution in [2.45, 2.75) is 32.2 Å². The number of rotatable bonds is 7. The van der Waals surface area contributed by atoms with Crippen molar-refractivity contribution < 1.29 is 4.74 Å². The molecule has 0 radical (unpaired) electrons. The van der Waals surface area contributed by atoms with Crippen LogP contribution in [0.25, 0.3) is 39.5 Å². The van der Waals surface area contributed by atoms with Crippen LogP contribution in [0.5, 0.6) is 5.75 Å². The van der Waals surface area contributed by atoms with E-state index in [9.17, 15) is 9.59 Å². The summed E-state index contributed by atoms with van der Waals surface area (Å²) in [5, 5.41) is 0. The summed E-state index contributed by atoms with van der Waals surface area (Å²) in [5.41, 5.74) is 12.5. The Hall–Kier alpha value is -5.35. The number of benzene rings is 2. The zero-order valence-corrected chi connectivity index (χ0v) is 26.9. The Balaban J connectivity index is 1.03. The van der Waals surface area contributed by atoms with E-state index in [-0.39, 0.29) is 11.2 Å². The molecule has 48 heavy (non-hydrogen) atoms. The number of nitrogens with zero attached hydrogens (tertiary/aromatic N) is 6. The van der Waals surface area contributed by atoms with Gasteiger partial charge in [0, 0.05) is 37.1 Å². The van der Waals surface area contributed by atoms with Crippen molar-refractivity contribution in [3.8, 4) is 34.1 Å². The molecular formula is C38H37N7O3. The van der Waals surface area contributed by atoms with E-state index in [0.717, 1.165) is 92.1 Å². The molecule has 10 nitrogen and oxygen atoms in total. The molecule has 0 saturated carbocycles. The molecule has 3 aromatic carbocycles. The van der Waals surface area contributed by atoms with Crippen molar-refractivity contribution in [1.29, 1.82) is 0 Å². The number of ether oxygens (including phenoxy) is 1. The smallest absolute Gasteiger partial charge is 0.272 e. The van der Waals surface area contributed by atoms with Crippen molar-refractivity contribution in [1.82, 2.24) is 24.4 Å². The molecule has 2 fully saturated rings. The number of aromatic nitrogens is 4. The number of hydrogen-bond donors (Lipinski definition) is 1. The molecule has 6 aromatic rings. The summed E-state index contributed by atoms with van der Waals surface area (Å²) in [4.78, 5) is 43.3. The van der Waals surface area contributed by atoms with Gasteiger partial charge in [-0.3, -0.25) is 19.1 Å². The molecule has 0 bridgehead atoms. The van der Waals surface area contributed by atoms with Crippen LogP contribution < -0.4 is 26.2 Å². The summed E-state index contributed by atoms with van der Waals surface area (Å²) < 4.78 is 7.32. The van der Waals surface area contributed by atoms with Crippen LogP contribution in [0.4, 0.5) is 11.5 Å². The number of likely N-dealkylation sites (tertiary alicyclic amines) is 1. The Bertz CT molecular complexity index is 2180. The Kier molecular flexibility index (Phi) is 7.52. The largest absolute Gasteiger partial charge is 0.491 e. The minimum absolute atomic E-state index is 0.155. The number of imidazole rings is 1. The van der Waals surface area contributed by atoms with Gasteiger partial charge in [0.15, 0.2) is 17.2 Å². The van der Waals surface area contributed by atoms with Crippen LogP contribution in [-0.2, 0) is 6.54 Å². The second-order valence-corrected chi connectivity index (χ2v) is 13.1.